The summed E-state index contributed by atoms with van der Waals surface area (Å²) >= 11 is 0. The first-order valence-electron chi connectivity index (χ1n) is 17.4. The molecule has 4 heteroatoms. The summed E-state index contributed by atoms with van der Waals surface area (Å²) in [5.41, 5.74) is 10.3. The van der Waals surface area contributed by atoms with E-state index in [0.29, 0.717) is 0 Å². The molecule has 0 saturated carbocycles. The van der Waals surface area contributed by atoms with Crippen molar-refractivity contribution in [3.8, 4) is 28.5 Å². The number of nitrogens with zero attached hydrogens (tertiary/aromatic N) is 4. The summed E-state index contributed by atoms with van der Waals surface area (Å²) in [4.78, 5) is 5.62. The number of para-hydroxylation sites is 5. The van der Waals surface area contributed by atoms with E-state index in [4.69, 9.17) is 4.98 Å². The van der Waals surface area contributed by atoms with Crippen LogP contribution in [0.5, 0.6) is 0 Å². The Bertz CT molecular complexity index is 3070. The average Bonchev–Trinajstić information content (AvgIpc) is 3.84. The Morgan fingerprint density at radius 1 is 0.314 bits per heavy atom. The lowest BCUT2D eigenvalue weighted by molar-refractivity contribution is 1.02. The minimum absolute atomic E-state index is 0.878. The van der Waals surface area contributed by atoms with E-state index in [1.54, 1.807) is 0 Å². The van der Waals surface area contributed by atoms with E-state index in [2.05, 4.69) is 196 Å². The molecule has 4 aromatic heterocycles. The molecule has 11 aromatic rings. The van der Waals surface area contributed by atoms with Crippen molar-refractivity contribution in [3.05, 3.63) is 182 Å². The second-order valence-corrected chi connectivity index (χ2v) is 13.2. The van der Waals surface area contributed by atoms with Crippen LogP contribution in [0.4, 0.5) is 0 Å². The third-order valence-corrected chi connectivity index (χ3v) is 10.4. The minimum atomic E-state index is 0.878. The monoisotopic (exact) mass is 650 g/mol. The first kappa shape index (κ1) is 28.0. The van der Waals surface area contributed by atoms with E-state index in [1.165, 1.54) is 43.4 Å². The van der Waals surface area contributed by atoms with Gasteiger partial charge in [0.1, 0.15) is 11.6 Å². The smallest absolute Gasteiger partial charge is 0.140 e. The highest BCUT2D eigenvalue weighted by Gasteiger charge is 2.22. The Balaban J connectivity index is 1.31. The zero-order valence-corrected chi connectivity index (χ0v) is 27.6. The molecule has 7 aromatic carbocycles. The fourth-order valence-electron chi connectivity index (χ4n) is 8.30. The molecule has 51 heavy (non-hydrogen) atoms. The van der Waals surface area contributed by atoms with E-state index >= 15 is 0 Å². The van der Waals surface area contributed by atoms with Crippen LogP contribution in [0.3, 0.4) is 0 Å². The van der Waals surface area contributed by atoms with E-state index < -0.39 is 0 Å². The van der Waals surface area contributed by atoms with E-state index in [9.17, 15) is 0 Å². The Kier molecular flexibility index (Phi) is 5.92. The van der Waals surface area contributed by atoms with Crippen molar-refractivity contribution in [3.63, 3.8) is 0 Å². The summed E-state index contributed by atoms with van der Waals surface area (Å²) in [5.74, 6) is 1.76. The second-order valence-electron chi connectivity index (χ2n) is 13.2. The molecule has 238 valence electrons. The van der Waals surface area contributed by atoms with Crippen molar-refractivity contribution in [1.82, 2.24) is 18.7 Å². The molecule has 11 rings (SSSR count). The van der Waals surface area contributed by atoms with Gasteiger partial charge in [0, 0.05) is 38.0 Å². The number of pyridine rings is 1. The first-order valence-corrected chi connectivity index (χ1v) is 17.4. The Morgan fingerprint density at radius 2 is 0.784 bits per heavy atom. The molecule has 0 spiro atoms. The zero-order chi connectivity index (χ0) is 33.5. The van der Waals surface area contributed by atoms with Crippen molar-refractivity contribution in [2.45, 2.75) is 0 Å². The van der Waals surface area contributed by atoms with Crippen LogP contribution in [-0.4, -0.2) is 18.7 Å². The van der Waals surface area contributed by atoms with Crippen molar-refractivity contribution in [2.75, 3.05) is 0 Å². The molecule has 0 atom stereocenters. The van der Waals surface area contributed by atoms with Crippen LogP contribution in [0, 0.1) is 0 Å². The number of hydrogen-bond donors (Lipinski definition) is 0. The summed E-state index contributed by atoms with van der Waals surface area (Å²) in [7, 11) is 0. The van der Waals surface area contributed by atoms with Crippen molar-refractivity contribution < 1.29 is 0 Å². The summed E-state index contributed by atoms with van der Waals surface area (Å²) in [6, 6.07) is 65.3. The number of benzene rings is 7. The maximum Gasteiger partial charge on any atom is 0.140 e. The standard InChI is InChI=1S/C47H30N4/c1-3-15-31(16-4-1)32-29-44(50-39-23-11-7-19-34(39)35-20-8-12-24-40(35)50)48-45(30-32)51-41-25-13-9-21-36(41)37-27-28-43-46(47(37)51)38-22-10-14-26-42(38)49(43)33-17-5-2-6-18-33/h1-30H. The number of hydrogen-bond acceptors (Lipinski definition) is 1. The van der Waals surface area contributed by atoms with Gasteiger partial charge in [-0.3, -0.25) is 9.13 Å². The van der Waals surface area contributed by atoms with Gasteiger partial charge in [-0.2, -0.15) is 0 Å². The van der Waals surface area contributed by atoms with E-state index in [-0.39, 0.29) is 0 Å². The molecule has 4 heterocycles. The number of aromatic nitrogens is 4. The summed E-state index contributed by atoms with van der Waals surface area (Å²) in [5, 5.41) is 7.28. The maximum absolute atomic E-state index is 5.62. The summed E-state index contributed by atoms with van der Waals surface area (Å²) in [6.07, 6.45) is 0. The zero-order valence-electron chi connectivity index (χ0n) is 27.6. The Labute approximate surface area is 293 Å². The SMILES string of the molecule is c1ccc(-c2cc(-n3c4ccccc4c4ccccc43)nc(-n3c4ccccc4c4ccc5c(c6ccccc6n5-c5ccccc5)c43)c2)cc1. The molecule has 0 fully saturated rings. The molecule has 0 N–H and O–H groups in total. The first-order chi connectivity index (χ1) is 25.3. The highest BCUT2D eigenvalue weighted by atomic mass is 15.1. The van der Waals surface area contributed by atoms with Gasteiger partial charge in [0.15, 0.2) is 0 Å². The van der Waals surface area contributed by atoms with E-state index in [1.807, 2.05) is 0 Å². The van der Waals surface area contributed by atoms with Gasteiger partial charge in [-0.25, -0.2) is 4.98 Å². The van der Waals surface area contributed by atoms with Crippen LogP contribution >= 0.6 is 0 Å². The number of rotatable bonds is 4. The normalized spacial score (nSPS) is 11.9. The average molecular weight is 651 g/mol. The number of fused-ring (bicyclic) bond motifs is 10. The van der Waals surface area contributed by atoms with Crippen LogP contribution in [0.25, 0.3) is 93.9 Å². The van der Waals surface area contributed by atoms with Gasteiger partial charge in [-0.1, -0.05) is 127 Å². The molecule has 0 aliphatic heterocycles. The fourth-order valence-corrected chi connectivity index (χ4v) is 8.30. The molecule has 0 saturated heterocycles. The highest BCUT2D eigenvalue weighted by molar-refractivity contribution is 6.26. The highest BCUT2D eigenvalue weighted by Crippen LogP contribution is 2.42. The molecule has 0 radical (unpaired) electrons. The lowest BCUT2D eigenvalue weighted by Crippen LogP contribution is -2.04. The largest absolute Gasteiger partial charge is 0.309 e. The topological polar surface area (TPSA) is 27.7 Å². The summed E-state index contributed by atoms with van der Waals surface area (Å²) in [6.45, 7) is 0. The molecule has 0 unspecified atom stereocenters. The lowest BCUT2D eigenvalue weighted by Gasteiger charge is -2.15. The lowest BCUT2D eigenvalue weighted by atomic mass is 10.1. The van der Waals surface area contributed by atoms with Crippen molar-refractivity contribution in [2.24, 2.45) is 0 Å². The Hall–Kier alpha value is -6.91. The minimum Gasteiger partial charge on any atom is -0.309 e. The van der Waals surface area contributed by atoms with Crippen molar-refractivity contribution >= 4 is 65.4 Å². The quantitative estimate of drug-likeness (QED) is 0.186. The van der Waals surface area contributed by atoms with Crippen molar-refractivity contribution in [1.29, 1.82) is 0 Å². The fraction of sp³-hybridized carbons (Fsp3) is 0. The molecule has 0 aliphatic rings. The van der Waals surface area contributed by atoms with Crippen LogP contribution < -0.4 is 0 Å². The maximum atomic E-state index is 5.62. The van der Waals surface area contributed by atoms with Gasteiger partial charge in [-0.15, -0.1) is 0 Å². The van der Waals surface area contributed by atoms with Gasteiger partial charge < -0.3 is 4.57 Å². The third-order valence-electron chi connectivity index (χ3n) is 10.4. The molecular formula is C47H30N4. The molecule has 0 bridgehead atoms. The predicted octanol–water partition coefficient (Wildman–Crippen LogP) is 12.0. The van der Waals surface area contributed by atoms with Crippen LogP contribution in [0.1, 0.15) is 0 Å². The van der Waals surface area contributed by atoms with Gasteiger partial charge in [0.25, 0.3) is 0 Å². The van der Waals surface area contributed by atoms with Gasteiger partial charge in [0.05, 0.1) is 33.1 Å². The third kappa shape index (κ3) is 4.05. The molecule has 0 aliphatic carbocycles. The predicted molar refractivity (Wildman–Crippen MR) is 213 cm³/mol. The van der Waals surface area contributed by atoms with Gasteiger partial charge in [-0.05, 0) is 65.7 Å². The molecular weight excluding hydrogens is 621 g/mol. The van der Waals surface area contributed by atoms with Gasteiger partial charge >= 0.3 is 0 Å². The summed E-state index contributed by atoms with van der Waals surface area (Å²) < 4.78 is 7.12. The Morgan fingerprint density at radius 3 is 1.41 bits per heavy atom. The molecule has 0 amide bonds. The van der Waals surface area contributed by atoms with Crippen LogP contribution in [0.2, 0.25) is 0 Å². The van der Waals surface area contributed by atoms with Crippen LogP contribution in [0.15, 0.2) is 182 Å². The second kappa shape index (κ2) is 10.8. The van der Waals surface area contributed by atoms with E-state index in [0.717, 1.165) is 50.5 Å². The van der Waals surface area contributed by atoms with Gasteiger partial charge in [0.2, 0.25) is 0 Å². The van der Waals surface area contributed by atoms with Crippen LogP contribution in [-0.2, 0) is 0 Å². The molecule has 4 nitrogen and oxygen atoms in total.